The molecule has 4 nitrogen and oxygen atoms in total. The second-order valence-electron chi connectivity index (χ2n) is 3.56. The van der Waals surface area contributed by atoms with E-state index in [1.807, 2.05) is 0 Å². The number of ether oxygens (including phenoxy) is 1. The van der Waals surface area contributed by atoms with Crippen molar-refractivity contribution < 1.29 is 14.4 Å². The first-order valence-electron chi connectivity index (χ1n) is 4.11. The minimum atomic E-state index is -0.217. The van der Waals surface area contributed by atoms with E-state index in [2.05, 4.69) is 0 Å². The lowest BCUT2D eigenvalue weighted by Crippen LogP contribution is -2.35. The molecule has 0 aromatic heterocycles. The molecule has 68 valence electrons. The lowest BCUT2D eigenvalue weighted by Gasteiger charge is -2.18. The summed E-state index contributed by atoms with van der Waals surface area (Å²) in [5.74, 6) is 0.509. The molecule has 0 radical (unpaired) electrons. The van der Waals surface area contributed by atoms with E-state index >= 15 is 0 Å². The number of fused-ring (bicyclic) bond motifs is 1. The van der Waals surface area contributed by atoms with Crippen molar-refractivity contribution in [3.05, 3.63) is 0 Å². The molecule has 4 heteroatoms. The van der Waals surface area contributed by atoms with Crippen molar-refractivity contribution in [1.82, 2.24) is 5.06 Å². The minimum Gasteiger partial charge on any atom is -0.380 e. The predicted molar refractivity (Wildman–Crippen MR) is 41.1 cm³/mol. The maximum atomic E-state index is 11.7. The van der Waals surface area contributed by atoms with Gasteiger partial charge in [0, 0.05) is 13.0 Å². The topological polar surface area (TPSA) is 38.8 Å². The van der Waals surface area contributed by atoms with Gasteiger partial charge in [0.2, 0.25) is 0 Å². The quantitative estimate of drug-likeness (QED) is 0.551. The first-order chi connectivity index (χ1) is 5.70. The van der Waals surface area contributed by atoms with Gasteiger partial charge in [-0.25, -0.2) is 5.06 Å². The summed E-state index contributed by atoms with van der Waals surface area (Å²) < 4.78 is 5.22. The molecule has 0 aromatic rings. The third-order valence-corrected chi connectivity index (χ3v) is 2.90. The Morgan fingerprint density at radius 1 is 1.75 bits per heavy atom. The smallest absolute Gasteiger partial charge is 0.254 e. The number of hydrogen-bond donors (Lipinski definition) is 0. The summed E-state index contributed by atoms with van der Waals surface area (Å²) in [5, 5.41) is 1.30. The molecule has 0 N–H and O–H groups in total. The summed E-state index contributed by atoms with van der Waals surface area (Å²) in [6, 6.07) is 0. The van der Waals surface area contributed by atoms with E-state index in [4.69, 9.17) is 9.57 Å². The van der Waals surface area contributed by atoms with Crippen molar-refractivity contribution in [1.29, 1.82) is 0 Å². The van der Waals surface area contributed by atoms with Crippen LogP contribution in [-0.4, -0.2) is 38.3 Å². The molecule has 0 spiro atoms. The van der Waals surface area contributed by atoms with E-state index in [1.54, 1.807) is 7.05 Å². The molecule has 0 aromatic carbocycles. The number of hydrogen-bond acceptors (Lipinski definition) is 3. The van der Waals surface area contributed by atoms with Gasteiger partial charge in [0.25, 0.3) is 5.91 Å². The SMILES string of the molecule is CON(C)C(=O)C12COCC1C2. The lowest BCUT2D eigenvalue weighted by molar-refractivity contribution is -0.175. The summed E-state index contributed by atoms with van der Waals surface area (Å²) in [5.41, 5.74) is -0.217. The Morgan fingerprint density at radius 3 is 2.92 bits per heavy atom. The number of hydroxylamine groups is 2. The highest BCUT2D eigenvalue weighted by Gasteiger charge is 2.64. The molecule has 1 aliphatic carbocycles. The lowest BCUT2D eigenvalue weighted by atomic mass is 10.1. The molecule has 2 unspecified atom stereocenters. The second-order valence-corrected chi connectivity index (χ2v) is 3.56. The molecular formula is C8H13NO3. The normalized spacial score (nSPS) is 37.7. The van der Waals surface area contributed by atoms with Crippen LogP contribution in [0.25, 0.3) is 0 Å². The molecule has 0 bridgehead atoms. The van der Waals surface area contributed by atoms with Crippen LogP contribution in [0.1, 0.15) is 6.42 Å². The average molecular weight is 171 g/mol. The van der Waals surface area contributed by atoms with Crippen LogP contribution in [-0.2, 0) is 14.4 Å². The highest BCUT2D eigenvalue weighted by atomic mass is 16.7. The predicted octanol–water partition coefficient (Wildman–Crippen LogP) is 0.0427. The summed E-state index contributed by atoms with van der Waals surface area (Å²) in [6.07, 6.45) is 0.972. The fraction of sp³-hybridized carbons (Fsp3) is 0.875. The van der Waals surface area contributed by atoms with Crippen molar-refractivity contribution in [3.8, 4) is 0 Å². The summed E-state index contributed by atoms with van der Waals surface area (Å²) in [4.78, 5) is 16.5. The van der Waals surface area contributed by atoms with Gasteiger partial charge in [0.1, 0.15) is 0 Å². The van der Waals surface area contributed by atoms with Crippen LogP contribution >= 0.6 is 0 Å². The fourth-order valence-electron chi connectivity index (χ4n) is 1.88. The summed E-state index contributed by atoms with van der Waals surface area (Å²) >= 11 is 0. The van der Waals surface area contributed by atoms with Gasteiger partial charge in [-0.2, -0.15) is 0 Å². The van der Waals surface area contributed by atoms with E-state index in [-0.39, 0.29) is 11.3 Å². The Balaban J connectivity index is 2.05. The summed E-state index contributed by atoms with van der Waals surface area (Å²) in [7, 11) is 3.15. The van der Waals surface area contributed by atoms with Crippen LogP contribution < -0.4 is 0 Å². The number of amides is 1. The zero-order valence-electron chi connectivity index (χ0n) is 7.37. The number of carbonyl (C=O) groups excluding carboxylic acids is 1. The Labute approximate surface area is 71.4 Å². The van der Waals surface area contributed by atoms with Gasteiger partial charge in [-0.15, -0.1) is 0 Å². The highest BCUT2D eigenvalue weighted by molar-refractivity contribution is 5.85. The molecule has 2 atom stereocenters. The van der Waals surface area contributed by atoms with Gasteiger partial charge < -0.3 is 4.74 Å². The van der Waals surface area contributed by atoms with E-state index in [1.165, 1.54) is 12.2 Å². The maximum absolute atomic E-state index is 11.7. The van der Waals surface area contributed by atoms with E-state index < -0.39 is 0 Å². The van der Waals surface area contributed by atoms with Crippen LogP contribution in [0.2, 0.25) is 0 Å². The van der Waals surface area contributed by atoms with E-state index in [9.17, 15) is 4.79 Å². The first kappa shape index (κ1) is 8.01. The zero-order valence-corrected chi connectivity index (χ0v) is 7.37. The minimum absolute atomic E-state index is 0.0625. The van der Waals surface area contributed by atoms with Crippen LogP contribution in [0.5, 0.6) is 0 Å². The monoisotopic (exact) mass is 171 g/mol. The van der Waals surface area contributed by atoms with Crippen molar-refractivity contribution >= 4 is 5.91 Å². The second kappa shape index (κ2) is 2.44. The molecule has 12 heavy (non-hydrogen) atoms. The van der Waals surface area contributed by atoms with Crippen molar-refractivity contribution in [3.63, 3.8) is 0 Å². The van der Waals surface area contributed by atoms with Gasteiger partial charge >= 0.3 is 0 Å². The van der Waals surface area contributed by atoms with Gasteiger partial charge in [-0.1, -0.05) is 0 Å². The number of carbonyl (C=O) groups is 1. The molecular weight excluding hydrogens is 158 g/mol. The standard InChI is InChI=1S/C8H13NO3/c1-9(11-2)7(10)8-3-6(8)4-12-5-8/h6H,3-5H2,1-2H3. The van der Waals surface area contributed by atoms with Gasteiger partial charge in [-0.3, -0.25) is 9.63 Å². The highest BCUT2D eigenvalue weighted by Crippen LogP contribution is 2.57. The van der Waals surface area contributed by atoms with Crippen molar-refractivity contribution in [2.75, 3.05) is 27.4 Å². The first-order valence-corrected chi connectivity index (χ1v) is 4.11. The number of rotatable bonds is 2. The Morgan fingerprint density at radius 2 is 2.50 bits per heavy atom. The Hall–Kier alpha value is -0.610. The van der Waals surface area contributed by atoms with Gasteiger partial charge in [-0.05, 0) is 6.42 Å². The molecule has 1 aliphatic heterocycles. The van der Waals surface area contributed by atoms with Gasteiger partial charge in [0.15, 0.2) is 0 Å². The maximum Gasteiger partial charge on any atom is 0.254 e. The fourth-order valence-corrected chi connectivity index (χ4v) is 1.88. The van der Waals surface area contributed by atoms with Crippen LogP contribution in [0.4, 0.5) is 0 Å². The van der Waals surface area contributed by atoms with Gasteiger partial charge in [0.05, 0.1) is 25.7 Å². The largest absolute Gasteiger partial charge is 0.380 e. The third-order valence-electron chi connectivity index (χ3n) is 2.90. The van der Waals surface area contributed by atoms with E-state index in [0.29, 0.717) is 12.5 Å². The summed E-state index contributed by atoms with van der Waals surface area (Å²) in [6.45, 7) is 1.31. The van der Waals surface area contributed by atoms with Crippen LogP contribution in [0.3, 0.4) is 0 Å². The molecule has 1 saturated heterocycles. The molecule has 1 heterocycles. The van der Waals surface area contributed by atoms with Crippen molar-refractivity contribution in [2.24, 2.45) is 11.3 Å². The van der Waals surface area contributed by atoms with E-state index in [0.717, 1.165) is 13.0 Å². The molecule has 1 saturated carbocycles. The average Bonchev–Trinajstić information content (AvgIpc) is 2.67. The van der Waals surface area contributed by atoms with Crippen molar-refractivity contribution in [2.45, 2.75) is 6.42 Å². The van der Waals surface area contributed by atoms with Crippen LogP contribution in [0, 0.1) is 11.3 Å². The zero-order chi connectivity index (χ0) is 8.77. The Bertz CT molecular complexity index is 218. The molecule has 2 fully saturated rings. The molecule has 1 amide bonds. The third kappa shape index (κ3) is 0.881. The molecule has 2 aliphatic rings. The Kier molecular flexibility index (Phi) is 1.63. The molecule has 2 rings (SSSR count). The number of nitrogens with zero attached hydrogens (tertiary/aromatic N) is 1. The van der Waals surface area contributed by atoms with Crippen LogP contribution in [0.15, 0.2) is 0 Å².